The highest BCUT2D eigenvalue weighted by molar-refractivity contribution is 7.47. The lowest BCUT2D eigenvalue weighted by molar-refractivity contribution is -0.154. The largest absolute Gasteiger partial charge is 0.472 e. The highest BCUT2D eigenvalue weighted by atomic mass is 31.2. The fraction of sp³-hybridized carbons (Fsp3) is 0.935. The van der Waals surface area contributed by atoms with Gasteiger partial charge in [-0.1, -0.05) is 199 Å². The predicted octanol–water partition coefficient (Wildman–Crippen LogP) is 13.3. The summed E-state index contributed by atoms with van der Waals surface area (Å²) in [6.45, 7) is 3.55. The highest BCUT2D eigenvalue weighted by Gasteiger charge is 2.26. The van der Waals surface area contributed by atoms with Gasteiger partial charge in [-0.2, -0.15) is 0 Å². The minimum Gasteiger partial charge on any atom is -0.457 e. The normalized spacial score (nSPS) is 14.0. The number of ether oxygens (including phenoxy) is 2. The maximum absolute atomic E-state index is 12.6. The van der Waals surface area contributed by atoms with E-state index in [9.17, 15) is 19.4 Å². The molecule has 0 saturated heterocycles. The van der Waals surface area contributed by atoms with Gasteiger partial charge in [0, 0.05) is 13.0 Å². The molecule has 0 bridgehead atoms. The smallest absolute Gasteiger partial charge is 0.457 e. The molecule has 0 aromatic rings. The quantitative estimate of drug-likeness (QED) is 0.0238. The maximum Gasteiger partial charge on any atom is 0.472 e. The minimum absolute atomic E-state index is 0.0509. The summed E-state index contributed by atoms with van der Waals surface area (Å²) in [4.78, 5) is 22.6. The van der Waals surface area contributed by atoms with Gasteiger partial charge in [0.2, 0.25) is 0 Å². The van der Waals surface area contributed by atoms with Crippen molar-refractivity contribution in [2.75, 3.05) is 33.0 Å². The molecule has 0 amide bonds. The summed E-state index contributed by atoms with van der Waals surface area (Å²) in [7, 11) is -4.52. The number of hydrogen-bond acceptors (Lipinski definition) is 8. The molecular weight excluding hydrogens is 727 g/mol. The number of carbonyl (C=O) groups is 1. The summed E-state index contributed by atoms with van der Waals surface area (Å²) in [5, 5.41) is 18.4. The number of rotatable bonds is 46. The number of carbonyl (C=O) groups excluding carboxylic acids is 1. The van der Waals surface area contributed by atoms with E-state index in [2.05, 4.69) is 26.0 Å². The lowest BCUT2D eigenvalue weighted by atomic mass is 10.0. The molecule has 3 unspecified atom stereocenters. The monoisotopic (exact) mass is 819 g/mol. The van der Waals surface area contributed by atoms with Crippen LogP contribution >= 0.6 is 7.82 Å². The Bertz CT molecular complexity index is 887. The van der Waals surface area contributed by atoms with Crippen molar-refractivity contribution in [3.8, 4) is 0 Å². The molecule has 9 nitrogen and oxygen atoms in total. The van der Waals surface area contributed by atoms with E-state index in [1.54, 1.807) is 0 Å². The van der Waals surface area contributed by atoms with Crippen molar-refractivity contribution < 1.29 is 43.0 Å². The van der Waals surface area contributed by atoms with Gasteiger partial charge in [0.25, 0.3) is 0 Å². The molecule has 56 heavy (non-hydrogen) atoms. The summed E-state index contributed by atoms with van der Waals surface area (Å²) in [5.41, 5.74) is 0. The van der Waals surface area contributed by atoms with Gasteiger partial charge in [-0.15, -0.1) is 0 Å². The zero-order chi connectivity index (χ0) is 41.1. The fourth-order valence-corrected chi connectivity index (χ4v) is 7.61. The average molecular weight is 819 g/mol. The lowest BCUT2D eigenvalue weighted by Crippen LogP contribution is -2.29. The van der Waals surface area contributed by atoms with Crippen LogP contribution in [0.3, 0.4) is 0 Å². The van der Waals surface area contributed by atoms with E-state index in [-0.39, 0.29) is 25.6 Å². The van der Waals surface area contributed by atoms with Crippen molar-refractivity contribution >= 4 is 13.8 Å². The Morgan fingerprint density at radius 1 is 0.536 bits per heavy atom. The Kier molecular flexibility index (Phi) is 43.1. The number of aliphatic hydroxyl groups excluding tert-OH is 2. The second kappa shape index (κ2) is 43.8. The van der Waals surface area contributed by atoms with E-state index < -0.39 is 33.2 Å². The predicted molar refractivity (Wildman–Crippen MR) is 233 cm³/mol. The molecule has 0 heterocycles. The van der Waals surface area contributed by atoms with Crippen LogP contribution < -0.4 is 0 Å². The molecule has 3 N–H and O–H groups in total. The minimum atomic E-state index is -4.52. The molecule has 0 aromatic carbocycles. The lowest BCUT2D eigenvalue weighted by Gasteiger charge is -2.20. The van der Waals surface area contributed by atoms with E-state index >= 15 is 0 Å². The summed E-state index contributed by atoms with van der Waals surface area (Å²) in [6, 6.07) is 0. The van der Waals surface area contributed by atoms with Crippen LogP contribution in [-0.2, 0) is 27.9 Å². The second-order valence-electron chi connectivity index (χ2n) is 16.1. The van der Waals surface area contributed by atoms with Crippen molar-refractivity contribution in [2.24, 2.45) is 0 Å². The first-order chi connectivity index (χ1) is 27.3. The van der Waals surface area contributed by atoms with E-state index in [1.165, 1.54) is 167 Å². The number of unbranched alkanes of at least 4 members (excludes halogenated alkanes) is 30. The topological polar surface area (TPSA) is 132 Å². The number of allylic oxidation sites excluding steroid dienone is 2. The molecule has 334 valence electrons. The van der Waals surface area contributed by atoms with Crippen LogP contribution in [0, 0.1) is 0 Å². The van der Waals surface area contributed by atoms with Gasteiger partial charge < -0.3 is 24.6 Å². The van der Waals surface area contributed by atoms with E-state index in [0.717, 1.165) is 44.9 Å². The number of esters is 1. The van der Waals surface area contributed by atoms with Gasteiger partial charge in [0.1, 0.15) is 12.2 Å². The van der Waals surface area contributed by atoms with Crippen LogP contribution in [0.5, 0.6) is 0 Å². The summed E-state index contributed by atoms with van der Waals surface area (Å²) < 4.78 is 33.4. The molecule has 0 spiro atoms. The molecule has 10 heteroatoms. The van der Waals surface area contributed by atoms with Gasteiger partial charge in [-0.25, -0.2) is 4.57 Å². The van der Waals surface area contributed by atoms with Crippen molar-refractivity contribution in [3.63, 3.8) is 0 Å². The molecule has 0 saturated carbocycles. The second-order valence-corrected chi connectivity index (χ2v) is 17.6. The zero-order valence-corrected chi connectivity index (χ0v) is 37.5. The van der Waals surface area contributed by atoms with Crippen molar-refractivity contribution in [2.45, 2.75) is 244 Å². The third kappa shape index (κ3) is 42.8. The molecule has 0 aliphatic heterocycles. The SMILES string of the molecule is CCCCCCCC/C=C\CCCCCCCCOCC(COP(=O)(O)OCC(O)CO)OC(=O)CCCCCCCCCCCCCCCCCCCCC. The van der Waals surface area contributed by atoms with Crippen LogP contribution in [0.15, 0.2) is 12.2 Å². The molecule has 0 aliphatic carbocycles. The van der Waals surface area contributed by atoms with Gasteiger partial charge >= 0.3 is 13.8 Å². The first-order valence-corrected chi connectivity index (χ1v) is 25.2. The Morgan fingerprint density at radius 2 is 0.911 bits per heavy atom. The summed E-state index contributed by atoms with van der Waals surface area (Å²) in [5.74, 6) is -0.379. The molecule has 0 aliphatic rings. The average Bonchev–Trinajstić information content (AvgIpc) is 3.19. The van der Waals surface area contributed by atoms with E-state index in [1.807, 2.05) is 0 Å². The van der Waals surface area contributed by atoms with E-state index in [4.69, 9.17) is 23.6 Å². The maximum atomic E-state index is 12.6. The number of phosphoric ester groups is 1. The molecule has 0 aromatic heterocycles. The van der Waals surface area contributed by atoms with Crippen LogP contribution in [0.25, 0.3) is 0 Å². The van der Waals surface area contributed by atoms with Crippen molar-refractivity contribution in [1.29, 1.82) is 0 Å². The van der Waals surface area contributed by atoms with Crippen LogP contribution in [0.1, 0.15) is 232 Å². The first-order valence-electron chi connectivity index (χ1n) is 23.7. The number of phosphoric acid groups is 1. The zero-order valence-electron chi connectivity index (χ0n) is 36.6. The molecule has 3 atom stereocenters. The molecule has 0 fully saturated rings. The first kappa shape index (κ1) is 55.2. The van der Waals surface area contributed by atoms with Crippen LogP contribution in [-0.4, -0.2) is 66.3 Å². The Balaban J connectivity index is 4.09. The summed E-state index contributed by atoms with van der Waals surface area (Å²) >= 11 is 0. The highest BCUT2D eigenvalue weighted by Crippen LogP contribution is 2.43. The Morgan fingerprint density at radius 3 is 1.34 bits per heavy atom. The van der Waals surface area contributed by atoms with Gasteiger partial charge in [0.15, 0.2) is 0 Å². The van der Waals surface area contributed by atoms with Crippen LogP contribution in [0.2, 0.25) is 0 Å². The van der Waals surface area contributed by atoms with Crippen molar-refractivity contribution in [1.82, 2.24) is 0 Å². The third-order valence-electron chi connectivity index (χ3n) is 10.5. The van der Waals surface area contributed by atoms with E-state index in [0.29, 0.717) is 6.61 Å². The van der Waals surface area contributed by atoms with Gasteiger partial charge in [-0.3, -0.25) is 13.8 Å². The number of hydrogen-bond donors (Lipinski definition) is 3. The fourth-order valence-electron chi connectivity index (χ4n) is 6.82. The number of aliphatic hydroxyl groups is 2. The van der Waals surface area contributed by atoms with Gasteiger partial charge in [0.05, 0.1) is 26.4 Å². The van der Waals surface area contributed by atoms with Crippen LogP contribution in [0.4, 0.5) is 0 Å². The Labute approximate surface area is 345 Å². The third-order valence-corrected chi connectivity index (χ3v) is 11.4. The summed E-state index contributed by atoms with van der Waals surface area (Å²) in [6.07, 6.45) is 44.5. The molecular formula is C46H91O9P. The molecule has 0 radical (unpaired) electrons. The Hall–Kier alpha value is -0.800. The molecule has 0 rings (SSSR count). The standard InChI is InChI=1S/C46H91O9P/c1-3-5-7-9-11-13-15-17-19-21-22-23-24-26-28-30-32-34-36-38-46(49)55-45(43-54-56(50,51)53-41-44(48)40-47)42-52-39-37-35-33-31-29-27-25-20-18-16-14-12-10-8-6-4-2/h18,20,44-45,47-48H,3-17,19,21-43H2,1-2H3,(H,50,51)/b20-18-. The van der Waals surface area contributed by atoms with Gasteiger partial charge in [-0.05, 0) is 38.5 Å². The van der Waals surface area contributed by atoms with Crippen molar-refractivity contribution in [3.05, 3.63) is 12.2 Å².